The molecule has 1 saturated heterocycles. The van der Waals surface area contributed by atoms with Crippen LogP contribution in [0.4, 0.5) is 5.82 Å². The minimum atomic E-state index is 0.597. The fourth-order valence-electron chi connectivity index (χ4n) is 4.08. The number of nitrogens with zero attached hydrogens (tertiary/aromatic N) is 3. The summed E-state index contributed by atoms with van der Waals surface area (Å²) in [5.41, 5.74) is 1.71. The van der Waals surface area contributed by atoms with Crippen LogP contribution in [0.3, 0.4) is 0 Å². The number of benzene rings is 1. The maximum atomic E-state index is 9.52. The van der Waals surface area contributed by atoms with Gasteiger partial charge in [-0.1, -0.05) is 31.0 Å². The second kappa shape index (κ2) is 5.04. The topological polar surface area (TPSA) is 39.9 Å². The zero-order chi connectivity index (χ0) is 14.2. The van der Waals surface area contributed by atoms with Crippen LogP contribution in [-0.4, -0.2) is 17.6 Å². The molecule has 2 heterocycles. The van der Waals surface area contributed by atoms with Gasteiger partial charge in [0.1, 0.15) is 11.9 Å². The van der Waals surface area contributed by atoms with Gasteiger partial charge in [0.05, 0.1) is 11.1 Å². The second-order valence-corrected chi connectivity index (χ2v) is 6.26. The molecule has 0 spiro atoms. The molecule has 0 bridgehead atoms. The highest BCUT2D eigenvalue weighted by Gasteiger charge is 2.37. The number of nitriles is 1. The third-order valence-electron chi connectivity index (χ3n) is 5.11. The van der Waals surface area contributed by atoms with Crippen molar-refractivity contribution in [2.45, 2.75) is 38.1 Å². The molecule has 0 radical (unpaired) electrons. The number of anilines is 1. The monoisotopic (exact) mass is 277 g/mol. The summed E-state index contributed by atoms with van der Waals surface area (Å²) in [6, 6.07) is 13.0. The van der Waals surface area contributed by atoms with Gasteiger partial charge in [0, 0.05) is 18.0 Å². The van der Waals surface area contributed by atoms with Crippen LogP contribution in [0, 0.1) is 17.2 Å². The Hall–Kier alpha value is -2.08. The largest absolute Gasteiger partial charge is 0.352 e. The lowest BCUT2D eigenvalue weighted by atomic mass is 9.85. The first-order chi connectivity index (χ1) is 10.4. The van der Waals surface area contributed by atoms with E-state index in [0.717, 1.165) is 34.7 Å². The molecule has 0 N–H and O–H groups in total. The first kappa shape index (κ1) is 12.6. The normalized spacial score (nSPS) is 24.8. The van der Waals surface area contributed by atoms with Gasteiger partial charge in [0.2, 0.25) is 0 Å². The number of aromatic nitrogens is 1. The van der Waals surface area contributed by atoms with E-state index in [4.69, 9.17) is 4.98 Å². The van der Waals surface area contributed by atoms with Gasteiger partial charge in [0.25, 0.3) is 0 Å². The fraction of sp³-hybridized carbons (Fsp3) is 0.444. The summed E-state index contributed by atoms with van der Waals surface area (Å²) in [5.74, 6) is 1.71. The average Bonchev–Trinajstić information content (AvgIpc) is 2.97. The van der Waals surface area contributed by atoms with Crippen molar-refractivity contribution < 1.29 is 0 Å². The van der Waals surface area contributed by atoms with Crippen LogP contribution < -0.4 is 4.90 Å². The summed E-state index contributed by atoms with van der Waals surface area (Å²) in [5, 5.41) is 10.6. The van der Waals surface area contributed by atoms with E-state index in [-0.39, 0.29) is 0 Å². The van der Waals surface area contributed by atoms with Crippen molar-refractivity contribution in [3.63, 3.8) is 0 Å². The molecule has 2 fully saturated rings. The maximum Gasteiger partial charge on any atom is 0.147 e. The molecule has 2 aromatic rings. The second-order valence-electron chi connectivity index (χ2n) is 6.26. The van der Waals surface area contributed by atoms with Gasteiger partial charge >= 0.3 is 0 Å². The lowest BCUT2D eigenvalue weighted by Gasteiger charge is -2.32. The van der Waals surface area contributed by atoms with E-state index in [1.807, 2.05) is 30.3 Å². The molecule has 3 nitrogen and oxygen atoms in total. The molecule has 2 aliphatic rings. The van der Waals surface area contributed by atoms with E-state index in [0.29, 0.717) is 6.04 Å². The minimum Gasteiger partial charge on any atom is -0.352 e. The third kappa shape index (κ3) is 2.06. The Labute approximate surface area is 125 Å². The molecule has 1 aromatic heterocycles. The van der Waals surface area contributed by atoms with Gasteiger partial charge < -0.3 is 4.90 Å². The first-order valence-electron chi connectivity index (χ1n) is 7.93. The molecule has 4 rings (SSSR count). The summed E-state index contributed by atoms with van der Waals surface area (Å²) in [6.07, 6.45) is 6.53. The summed E-state index contributed by atoms with van der Waals surface area (Å²) < 4.78 is 0. The predicted octanol–water partition coefficient (Wildman–Crippen LogP) is 3.88. The molecule has 3 heteroatoms. The van der Waals surface area contributed by atoms with Crippen molar-refractivity contribution in [3.05, 3.63) is 35.9 Å². The Morgan fingerprint density at radius 1 is 1.14 bits per heavy atom. The SMILES string of the molecule is N#Cc1cc2ccccc2nc1N1CCC2CCCCC21. The van der Waals surface area contributed by atoms with Crippen molar-refractivity contribution in [1.29, 1.82) is 5.26 Å². The van der Waals surface area contributed by atoms with Crippen LogP contribution in [0.15, 0.2) is 30.3 Å². The van der Waals surface area contributed by atoms with E-state index in [1.165, 1.54) is 32.1 Å². The molecule has 1 aromatic carbocycles. The van der Waals surface area contributed by atoms with Crippen LogP contribution in [0.5, 0.6) is 0 Å². The smallest absolute Gasteiger partial charge is 0.147 e. The Bertz CT molecular complexity index is 716. The molecule has 1 aliphatic heterocycles. The first-order valence-corrected chi connectivity index (χ1v) is 7.93. The highest BCUT2D eigenvalue weighted by molar-refractivity contribution is 5.83. The van der Waals surface area contributed by atoms with Gasteiger partial charge in [-0.2, -0.15) is 5.26 Å². The molecule has 1 aliphatic carbocycles. The highest BCUT2D eigenvalue weighted by Crippen LogP contribution is 2.39. The summed E-state index contributed by atoms with van der Waals surface area (Å²) in [6.45, 7) is 1.05. The van der Waals surface area contributed by atoms with Crippen molar-refractivity contribution in [1.82, 2.24) is 4.98 Å². The zero-order valence-electron chi connectivity index (χ0n) is 12.1. The fourth-order valence-corrected chi connectivity index (χ4v) is 4.08. The number of pyridine rings is 1. The molecular weight excluding hydrogens is 258 g/mol. The summed E-state index contributed by atoms with van der Waals surface area (Å²) >= 11 is 0. The van der Waals surface area contributed by atoms with Gasteiger partial charge in [0.15, 0.2) is 0 Å². The van der Waals surface area contributed by atoms with Crippen LogP contribution in [0.1, 0.15) is 37.7 Å². The van der Waals surface area contributed by atoms with E-state index < -0.39 is 0 Å². The van der Waals surface area contributed by atoms with Gasteiger partial charge in [-0.05, 0) is 37.3 Å². The van der Waals surface area contributed by atoms with Crippen molar-refractivity contribution in [2.75, 3.05) is 11.4 Å². The van der Waals surface area contributed by atoms with Gasteiger partial charge in [-0.15, -0.1) is 0 Å². The van der Waals surface area contributed by atoms with E-state index in [9.17, 15) is 5.26 Å². The Kier molecular flexibility index (Phi) is 3.03. The van der Waals surface area contributed by atoms with Gasteiger partial charge in [-0.3, -0.25) is 0 Å². The minimum absolute atomic E-state index is 0.597. The van der Waals surface area contributed by atoms with E-state index in [1.54, 1.807) is 0 Å². The Morgan fingerprint density at radius 2 is 2.00 bits per heavy atom. The molecule has 2 unspecified atom stereocenters. The molecule has 2 atom stereocenters. The van der Waals surface area contributed by atoms with Crippen LogP contribution in [0.2, 0.25) is 0 Å². The third-order valence-corrected chi connectivity index (χ3v) is 5.11. The summed E-state index contributed by atoms with van der Waals surface area (Å²) in [7, 11) is 0. The molecule has 21 heavy (non-hydrogen) atoms. The Morgan fingerprint density at radius 3 is 2.90 bits per heavy atom. The zero-order valence-corrected chi connectivity index (χ0v) is 12.1. The predicted molar refractivity (Wildman–Crippen MR) is 84.2 cm³/mol. The van der Waals surface area contributed by atoms with Gasteiger partial charge in [-0.25, -0.2) is 4.98 Å². The molecule has 0 amide bonds. The van der Waals surface area contributed by atoms with E-state index in [2.05, 4.69) is 11.0 Å². The van der Waals surface area contributed by atoms with Crippen LogP contribution in [0.25, 0.3) is 10.9 Å². The van der Waals surface area contributed by atoms with Crippen molar-refractivity contribution in [3.8, 4) is 6.07 Å². The standard InChI is InChI=1S/C18H19N3/c19-12-15-11-14-6-1-3-7-16(14)20-18(15)21-10-9-13-5-2-4-8-17(13)21/h1,3,6-7,11,13,17H,2,4-5,8-10H2. The van der Waals surface area contributed by atoms with E-state index >= 15 is 0 Å². The maximum absolute atomic E-state index is 9.52. The summed E-state index contributed by atoms with van der Waals surface area (Å²) in [4.78, 5) is 7.23. The van der Waals surface area contributed by atoms with Crippen LogP contribution in [-0.2, 0) is 0 Å². The quantitative estimate of drug-likeness (QED) is 0.794. The van der Waals surface area contributed by atoms with Crippen molar-refractivity contribution in [2.24, 2.45) is 5.92 Å². The Balaban J connectivity index is 1.80. The lowest BCUT2D eigenvalue weighted by Crippen LogP contribution is -2.35. The number of fused-ring (bicyclic) bond motifs is 2. The lowest BCUT2D eigenvalue weighted by molar-refractivity contribution is 0.341. The number of hydrogen-bond donors (Lipinski definition) is 0. The molecule has 1 saturated carbocycles. The number of rotatable bonds is 1. The highest BCUT2D eigenvalue weighted by atomic mass is 15.2. The number of hydrogen-bond acceptors (Lipinski definition) is 3. The molecular formula is C18H19N3. The average molecular weight is 277 g/mol. The molecule has 106 valence electrons. The van der Waals surface area contributed by atoms with Crippen LogP contribution >= 0.6 is 0 Å². The van der Waals surface area contributed by atoms with Crippen molar-refractivity contribution >= 4 is 16.7 Å². The number of para-hydroxylation sites is 1.